The fourth-order valence-corrected chi connectivity index (χ4v) is 0.581. The van der Waals surface area contributed by atoms with Crippen molar-refractivity contribution in [1.29, 1.82) is 0 Å². The monoisotopic (exact) mass is 141 g/mol. The van der Waals surface area contributed by atoms with E-state index in [0.29, 0.717) is 11.7 Å². The summed E-state index contributed by atoms with van der Waals surface area (Å²) in [7, 11) is 0. The van der Waals surface area contributed by atoms with E-state index in [2.05, 4.69) is 22.1 Å². The molecule has 0 aromatic carbocycles. The molecule has 1 heterocycles. The Morgan fingerprint density at radius 2 is 2.56 bits per heavy atom. The Labute approximate surface area is 58.0 Å². The van der Waals surface area contributed by atoms with Crippen LogP contribution in [0.2, 0.25) is 0 Å². The summed E-state index contributed by atoms with van der Waals surface area (Å²) >= 11 is 4.73. The molecule has 0 aliphatic heterocycles. The van der Waals surface area contributed by atoms with Crippen LogP contribution < -0.4 is 0 Å². The van der Waals surface area contributed by atoms with E-state index in [4.69, 9.17) is 12.6 Å². The second-order valence-corrected chi connectivity index (χ2v) is 1.80. The highest BCUT2D eigenvalue weighted by Crippen LogP contribution is 1.95. The predicted molar refractivity (Wildman–Crippen MR) is 33.9 cm³/mol. The van der Waals surface area contributed by atoms with E-state index in [0.717, 1.165) is 0 Å². The Morgan fingerprint density at radius 1 is 1.78 bits per heavy atom. The molecule has 1 aromatic heterocycles. The van der Waals surface area contributed by atoms with Gasteiger partial charge in [0.2, 0.25) is 5.16 Å². The lowest BCUT2D eigenvalue weighted by molar-refractivity contribution is 0.616. The Hall–Kier alpha value is -0.970. The summed E-state index contributed by atoms with van der Waals surface area (Å²) in [6.45, 7) is 4.09. The molecule has 1 rings (SSSR count). The van der Waals surface area contributed by atoms with E-state index < -0.39 is 0 Å². The van der Waals surface area contributed by atoms with Gasteiger partial charge in [-0.15, -0.1) is 6.58 Å². The van der Waals surface area contributed by atoms with Crippen LogP contribution in [0, 0.1) is 0 Å². The van der Waals surface area contributed by atoms with Gasteiger partial charge in [-0.05, 0) is 23.1 Å². The van der Waals surface area contributed by atoms with Crippen LogP contribution in [-0.2, 0) is 6.54 Å². The van der Waals surface area contributed by atoms with Crippen molar-refractivity contribution in [1.82, 2.24) is 20.2 Å². The highest BCUT2D eigenvalue weighted by Gasteiger charge is 1.96. The zero-order chi connectivity index (χ0) is 6.69. The molecule has 0 bridgehead atoms. The summed E-state index contributed by atoms with van der Waals surface area (Å²) in [6, 6.07) is 0. The predicted octanol–water partition coefficient (Wildman–Crippen LogP) is 0.415. The molecular weight excluding hydrogens is 136 g/mol. The van der Waals surface area contributed by atoms with Crippen LogP contribution >= 0.6 is 12.6 Å². The average molecular weight is 141 g/mol. The topological polar surface area (TPSA) is 43.6 Å². The molecule has 0 atom stereocenters. The number of hydrogen-bond acceptors (Lipinski definition) is 3. The van der Waals surface area contributed by atoms with Crippen LogP contribution in [-0.4, -0.2) is 20.2 Å². The van der Waals surface area contributed by atoms with E-state index in [9.17, 15) is 0 Å². The van der Waals surface area contributed by atoms with Gasteiger partial charge >= 0.3 is 0 Å². The van der Waals surface area contributed by atoms with Crippen molar-refractivity contribution in [3.05, 3.63) is 12.7 Å². The van der Waals surface area contributed by atoms with Gasteiger partial charge in [0.1, 0.15) is 0 Å². The molecule has 4 nitrogen and oxygen atoms in total. The summed E-state index contributed by atoms with van der Waals surface area (Å²) in [6.07, 6.45) is 1.69. The van der Waals surface area contributed by atoms with Crippen molar-refractivity contribution >= 4 is 12.6 Å². The minimum atomic E-state index is 0.398. The summed E-state index contributed by atoms with van der Waals surface area (Å²) in [5.74, 6) is 0. The van der Waals surface area contributed by atoms with Gasteiger partial charge in [0, 0.05) is 0 Å². The molecule has 0 saturated heterocycles. The highest BCUT2D eigenvalue weighted by molar-refractivity contribution is 7.80. The summed E-state index contributed by atoms with van der Waals surface area (Å²) in [4.78, 5) is 0. The molecule has 0 amide bonds. The standard InChI is InChI=1S/C4H5N4S/c1-2-3-8-4(9)5-6-7-8/h2H,1,3H2. The molecule has 0 unspecified atom stereocenters. The molecule has 0 aliphatic carbocycles. The second-order valence-electron chi connectivity index (χ2n) is 1.43. The zero-order valence-corrected chi connectivity index (χ0v) is 5.51. The van der Waals surface area contributed by atoms with Crippen molar-refractivity contribution in [3.63, 3.8) is 0 Å². The van der Waals surface area contributed by atoms with Gasteiger partial charge in [-0.25, -0.2) is 4.68 Å². The Balaban J connectivity index is 2.80. The molecule has 0 saturated carbocycles. The fraction of sp³-hybridized carbons (Fsp3) is 0.250. The van der Waals surface area contributed by atoms with Crippen molar-refractivity contribution in [2.45, 2.75) is 11.7 Å². The van der Waals surface area contributed by atoms with Gasteiger partial charge in [-0.1, -0.05) is 11.2 Å². The normalized spacial score (nSPS) is 9.33. The molecule has 0 aliphatic rings. The van der Waals surface area contributed by atoms with E-state index in [1.807, 2.05) is 0 Å². The summed E-state index contributed by atoms with van der Waals surface area (Å²) < 4.78 is 1.49. The summed E-state index contributed by atoms with van der Waals surface area (Å²) in [5, 5.41) is 10.8. The fourth-order valence-electron chi connectivity index (χ4n) is 0.433. The van der Waals surface area contributed by atoms with Crippen LogP contribution in [0.25, 0.3) is 0 Å². The smallest absolute Gasteiger partial charge is 0.213 e. The molecule has 5 heteroatoms. The number of hydrogen-bond donors (Lipinski definition) is 0. The highest BCUT2D eigenvalue weighted by atomic mass is 32.1. The maximum absolute atomic E-state index is 4.73. The third-order valence-corrected chi connectivity index (χ3v) is 1.09. The lowest BCUT2D eigenvalue weighted by atomic mass is 10.6. The lowest BCUT2D eigenvalue weighted by Gasteiger charge is -1.89. The van der Waals surface area contributed by atoms with Gasteiger partial charge in [-0.3, -0.25) is 0 Å². The first-order valence-electron chi connectivity index (χ1n) is 2.38. The first kappa shape index (κ1) is 6.15. The van der Waals surface area contributed by atoms with Crippen molar-refractivity contribution < 1.29 is 0 Å². The molecule has 0 spiro atoms. The van der Waals surface area contributed by atoms with Crippen LogP contribution in [0.1, 0.15) is 0 Å². The minimum absolute atomic E-state index is 0.398. The SMILES string of the molecule is C=CCn1nnnc1[S]. The van der Waals surface area contributed by atoms with Gasteiger partial charge < -0.3 is 0 Å². The average Bonchev–Trinajstić information content (AvgIpc) is 2.18. The van der Waals surface area contributed by atoms with Gasteiger partial charge in [0.15, 0.2) is 0 Å². The number of nitrogens with zero attached hydrogens (tertiary/aromatic N) is 4. The maximum atomic E-state index is 4.73. The van der Waals surface area contributed by atoms with Crippen LogP contribution in [0.3, 0.4) is 0 Å². The molecular formula is C4H5N4S. The number of allylic oxidation sites excluding steroid dienone is 1. The first-order valence-corrected chi connectivity index (χ1v) is 2.79. The molecule has 1 radical (unpaired) electrons. The number of aromatic nitrogens is 4. The van der Waals surface area contributed by atoms with Gasteiger partial charge in [-0.2, -0.15) is 0 Å². The quantitative estimate of drug-likeness (QED) is 0.560. The van der Waals surface area contributed by atoms with E-state index >= 15 is 0 Å². The molecule has 9 heavy (non-hydrogen) atoms. The van der Waals surface area contributed by atoms with Crippen molar-refractivity contribution in [3.8, 4) is 0 Å². The van der Waals surface area contributed by atoms with E-state index in [1.165, 1.54) is 4.68 Å². The molecule has 1 aromatic rings. The van der Waals surface area contributed by atoms with E-state index in [-0.39, 0.29) is 0 Å². The molecule has 0 fully saturated rings. The van der Waals surface area contributed by atoms with Crippen molar-refractivity contribution in [2.24, 2.45) is 0 Å². The van der Waals surface area contributed by atoms with Crippen LogP contribution in [0.5, 0.6) is 0 Å². The summed E-state index contributed by atoms with van der Waals surface area (Å²) in [5.41, 5.74) is 0. The van der Waals surface area contributed by atoms with Gasteiger partial charge in [0.25, 0.3) is 0 Å². The number of rotatable bonds is 2. The number of tetrazole rings is 1. The second kappa shape index (κ2) is 2.54. The zero-order valence-electron chi connectivity index (χ0n) is 4.69. The lowest BCUT2D eigenvalue weighted by Crippen LogP contribution is -1.97. The Bertz CT molecular complexity index is 206. The molecule has 47 valence electrons. The Morgan fingerprint density at radius 3 is 3.00 bits per heavy atom. The van der Waals surface area contributed by atoms with Crippen LogP contribution in [0.4, 0.5) is 0 Å². The Kier molecular flexibility index (Phi) is 1.74. The maximum Gasteiger partial charge on any atom is 0.240 e. The first-order chi connectivity index (χ1) is 4.34. The third kappa shape index (κ3) is 1.23. The largest absolute Gasteiger partial charge is 0.240 e. The minimum Gasteiger partial charge on any atom is -0.213 e. The molecule has 0 N–H and O–H groups in total. The third-order valence-electron chi connectivity index (χ3n) is 0.801. The van der Waals surface area contributed by atoms with Crippen molar-refractivity contribution in [2.75, 3.05) is 0 Å². The van der Waals surface area contributed by atoms with Crippen LogP contribution in [0.15, 0.2) is 17.8 Å². The van der Waals surface area contributed by atoms with E-state index in [1.54, 1.807) is 6.08 Å². The van der Waals surface area contributed by atoms with Gasteiger partial charge in [0.05, 0.1) is 6.54 Å².